The lowest BCUT2D eigenvalue weighted by atomic mass is 10.1. The number of fused-ring (bicyclic) bond motifs is 3. The van der Waals surface area contributed by atoms with Gasteiger partial charge in [0.1, 0.15) is 28.6 Å². The van der Waals surface area contributed by atoms with Gasteiger partial charge in [0.15, 0.2) is 16.7 Å². The van der Waals surface area contributed by atoms with Gasteiger partial charge in [0.05, 0.1) is 42.6 Å². The van der Waals surface area contributed by atoms with E-state index in [4.69, 9.17) is 27.5 Å². The van der Waals surface area contributed by atoms with Gasteiger partial charge in [-0.2, -0.15) is 0 Å². The number of esters is 3. The monoisotopic (exact) mass is 659 g/mol. The lowest BCUT2D eigenvalue weighted by molar-refractivity contribution is 0.0483. The van der Waals surface area contributed by atoms with Crippen molar-refractivity contribution >= 4 is 51.2 Å². The topological polar surface area (TPSA) is 166 Å². The zero-order valence-electron chi connectivity index (χ0n) is 27.1. The molecule has 0 atom stereocenters. The highest BCUT2D eigenvalue weighted by atomic mass is 16.5. The second-order valence-corrected chi connectivity index (χ2v) is 12.0. The van der Waals surface area contributed by atoms with Gasteiger partial charge in [-0.25, -0.2) is 14.4 Å². The molecule has 6 heterocycles. The van der Waals surface area contributed by atoms with Gasteiger partial charge in [0.2, 0.25) is 0 Å². The Labute approximate surface area is 276 Å². The van der Waals surface area contributed by atoms with Gasteiger partial charge in [-0.1, -0.05) is 26.2 Å². The van der Waals surface area contributed by atoms with Crippen molar-refractivity contribution in [3.05, 3.63) is 71.3 Å². The highest BCUT2D eigenvalue weighted by Gasteiger charge is 2.17. The van der Waals surface area contributed by atoms with Crippen LogP contribution in [0, 0.1) is 0 Å². The van der Waals surface area contributed by atoms with E-state index in [-0.39, 0.29) is 5.97 Å². The number of aromatic nitrogens is 3. The predicted molar refractivity (Wildman–Crippen MR) is 177 cm³/mol. The first-order chi connectivity index (χ1) is 23.5. The molecule has 0 saturated heterocycles. The second kappa shape index (κ2) is 15.6. The molecule has 0 aromatic carbocycles. The second-order valence-electron chi connectivity index (χ2n) is 12.0. The normalized spacial score (nSPS) is 11.6. The van der Waals surface area contributed by atoms with Crippen LogP contribution in [0.2, 0.25) is 0 Å². The molecule has 6 aromatic heterocycles. The molecule has 6 aromatic rings. The molecule has 0 fully saturated rings. The van der Waals surface area contributed by atoms with E-state index in [0.29, 0.717) is 66.5 Å². The third kappa shape index (κ3) is 8.23. The van der Waals surface area contributed by atoms with Gasteiger partial charge in [-0.05, 0) is 38.5 Å². The Hall–Kier alpha value is -5.13. The number of furan rings is 3. The van der Waals surface area contributed by atoms with Gasteiger partial charge >= 0.3 is 17.9 Å². The number of rotatable bonds is 19. The molecule has 0 aliphatic rings. The van der Waals surface area contributed by atoms with Crippen molar-refractivity contribution in [1.29, 1.82) is 0 Å². The van der Waals surface area contributed by atoms with Crippen molar-refractivity contribution in [2.45, 2.75) is 77.6 Å². The number of carbonyl (C=O) groups excluding carboxylic acids is 3. The molecule has 48 heavy (non-hydrogen) atoms. The number of H-pyrrole nitrogens is 3. The van der Waals surface area contributed by atoms with Crippen LogP contribution in [0.5, 0.6) is 0 Å². The maximum Gasteiger partial charge on any atom is 0.354 e. The Morgan fingerprint density at radius 3 is 1.52 bits per heavy atom. The van der Waals surface area contributed by atoms with E-state index in [1.165, 1.54) is 0 Å². The van der Waals surface area contributed by atoms with Crippen molar-refractivity contribution in [2.24, 2.45) is 0 Å². The third-order valence-corrected chi connectivity index (χ3v) is 8.20. The molecular formula is C36H41N3O9. The Morgan fingerprint density at radius 2 is 1.02 bits per heavy atom. The van der Waals surface area contributed by atoms with Gasteiger partial charge in [-0.3, -0.25) is 0 Å². The quantitative estimate of drug-likeness (QED) is 0.0440. The zero-order valence-corrected chi connectivity index (χ0v) is 27.1. The standard InChI is InChI=1S/C36H41N3O9/c1-2-3-4-8-14-44-35(41)29-21-32-26(38-29)18-23(47-32)11-6-5-9-15-45-36(42)30-22-33-27(39-30)19-24(48-33)12-7-10-16-46-34(40)28-20-31-25(37-28)13-17-43-31/h13,17-22,37-39H,2-12,14-16H2,1H3. The van der Waals surface area contributed by atoms with Crippen molar-refractivity contribution in [3.63, 3.8) is 0 Å². The summed E-state index contributed by atoms with van der Waals surface area (Å²) in [6.07, 6.45) is 11.1. The first-order valence-corrected chi connectivity index (χ1v) is 16.8. The van der Waals surface area contributed by atoms with Crippen LogP contribution >= 0.6 is 0 Å². The number of nitrogens with one attached hydrogen (secondary N) is 3. The fourth-order valence-electron chi connectivity index (χ4n) is 5.61. The maximum absolute atomic E-state index is 12.5. The number of carbonyl (C=O) groups is 3. The average Bonchev–Trinajstić information content (AvgIpc) is 3.90. The summed E-state index contributed by atoms with van der Waals surface area (Å²) < 4.78 is 33.2. The molecule has 0 saturated carbocycles. The van der Waals surface area contributed by atoms with Crippen molar-refractivity contribution in [1.82, 2.24) is 15.0 Å². The summed E-state index contributed by atoms with van der Waals surface area (Å²) in [4.78, 5) is 46.1. The number of hydrogen-bond donors (Lipinski definition) is 3. The fourth-order valence-corrected chi connectivity index (χ4v) is 5.61. The van der Waals surface area contributed by atoms with Crippen LogP contribution in [-0.2, 0) is 27.1 Å². The number of hydrogen-bond acceptors (Lipinski definition) is 9. The van der Waals surface area contributed by atoms with E-state index in [1.807, 2.05) is 12.1 Å². The Bertz CT molecular complexity index is 1870. The predicted octanol–water partition coefficient (Wildman–Crippen LogP) is 8.40. The summed E-state index contributed by atoms with van der Waals surface area (Å²) in [6.45, 7) is 3.18. The SMILES string of the molecule is CCCCCCOC(=O)c1cc2oc(CCCCCOC(=O)c3cc4oc(CCCCOC(=O)c5cc6occc6[nH]5)cc4[nH]3)cc2[nH]1. The number of ether oxygens (including phenoxy) is 3. The minimum Gasteiger partial charge on any atom is -0.463 e. The number of aromatic amines is 3. The molecule has 12 heteroatoms. The molecule has 0 aliphatic carbocycles. The van der Waals surface area contributed by atoms with Crippen LogP contribution < -0.4 is 0 Å². The third-order valence-electron chi connectivity index (χ3n) is 8.20. The Morgan fingerprint density at radius 1 is 0.562 bits per heavy atom. The number of unbranched alkanes of at least 4 members (excludes halogenated alkanes) is 6. The molecule has 254 valence electrons. The molecular weight excluding hydrogens is 618 g/mol. The first kappa shape index (κ1) is 32.8. The minimum absolute atomic E-state index is 0.299. The largest absolute Gasteiger partial charge is 0.463 e. The van der Waals surface area contributed by atoms with E-state index >= 15 is 0 Å². The van der Waals surface area contributed by atoms with Gasteiger partial charge in [-0.15, -0.1) is 0 Å². The van der Waals surface area contributed by atoms with Gasteiger partial charge in [0, 0.05) is 49.2 Å². The molecule has 6 rings (SSSR count). The molecule has 0 bridgehead atoms. The fraction of sp³-hybridized carbons (Fsp3) is 0.417. The van der Waals surface area contributed by atoms with Crippen molar-refractivity contribution < 1.29 is 41.8 Å². The lowest BCUT2D eigenvalue weighted by Gasteiger charge is -2.03. The van der Waals surface area contributed by atoms with Crippen LogP contribution in [0.15, 0.2) is 55.9 Å². The highest BCUT2D eigenvalue weighted by Crippen LogP contribution is 2.24. The average molecular weight is 660 g/mol. The van der Waals surface area contributed by atoms with Crippen LogP contribution in [-0.4, -0.2) is 52.7 Å². The van der Waals surface area contributed by atoms with Crippen LogP contribution in [0.4, 0.5) is 0 Å². The van der Waals surface area contributed by atoms with Crippen LogP contribution in [0.3, 0.4) is 0 Å². The summed E-state index contributed by atoms with van der Waals surface area (Å²) in [5.41, 5.74) is 5.26. The summed E-state index contributed by atoms with van der Waals surface area (Å²) >= 11 is 0. The van der Waals surface area contributed by atoms with Crippen LogP contribution in [0.25, 0.3) is 33.3 Å². The Balaban J connectivity index is 0.835. The van der Waals surface area contributed by atoms with E-state index in [1.54, 1.807) is 30.5 Å². The summed E-state index contributed by atoms with van der Waals surface area (Å²) in [7, 11) is 0. The van der Waals surface area contributed by atoms with E-state index < -0.39 is 11.9 Å². The van der Waals surface area contributed by atoms with Crippen molar-refractivity contribution in [2.75, 3.05) is 19.8 Å². The van der Waals surface area contributed by atoms with Crippen LogP contribution in [0.1, 0.15) is 108 Å². The molecule has 0 aliphatic heterocycles. The van der Waals surface area contributed by atoms with Gasteiger partial charge < -0.3 is 42.4 Å². The number of aryl methyl sites for hydroxylation is 2. The summed E-state index contributed by atoms with van der Waals surface area (Å²) in [5.74, 6) is 0.436. The van der Waals surface area contributed by atoms with E-state index in [2.05, 4.69) is 21.9 Å². The summed E-state index contributed by atoms with van der Waals surface area (Å²) in [6, 6.07) is 10.5. The molecule has 0 amide bonds. The smallest absolute Gasteiger partial charge is 0.354 e. The molecule has 0 radical (unpaired) electrons. The molecule has 0 unspecified atom stereocenters. The molecule has 3 N–H and O–H groups in total. The highest BCUT2D eigenvalue weighted by molar-refractivity contribution is 5.94. The van der Waals surface area contributed by atoms with E-state index in [9.17, 15) is 14.4 Å². The molecule has 12 nitrogen and oxygen atoms in total. The maximum atomic E-state index is 12.5. The van der Waals surface area contributed by atoms with E-state index in [0.717, 1.165) is 85.9 Å². The summed E-state index contributed by atoms with van der Waals surface area (Å²) in [5, 5.41) is 0. The van der Waals surface area contributed by atoms with Crippen molar-refractivity contribution in [3.8, 4) is 0 Å². The lowest BCUT2D eigenvalue weighted by Crippen LogP contribution is -2.07. The van der Waals surface area contributed by atoms with Gasteiger partial charge in [0.25, 0.3) is 0 Å². The Kier molecular flexibility index (Phi) is 10.7. The minimum atomic E-state index is -0.421. The zero-order chi connectivity index (χ0) is 33.3. The molecule has 0 spiro atoms. The first-order valence-electron chi connectivity index (χ1n) is 16.8.